The Morgan fingerprint density at radius 1 is 0.931 bits per heavy atom. The Morgan fingerprint density at radius 3 is 2.07 bits per heavy atom. The summed E-state index contributed by atoms with van der Waals surface area (Å²) in [4.78, 5) is 39.5. The Balaban J connectivity index is 1.80. The van der Waals surface area contributed by atoms with E-state index in [0.29, 0.717) is 17.7 Å². The Labute approximate surface area is 171 Å². The molecule has 0 atom stereocenters. The third-order valence-corrected chi connectivity index (χ3v) is 5.17. The lowest BCUT2D eigenvalue weighted by molar-refractivity contribution is -0.134. The van der Waals surface area contributed by atoms with Crippen LogP contribution in [0.25, 0.3) is 0 Å². The largest absolute Gasteiger partial charge is 0.355 e. The Morgan fingerprint density at radius 2 is 1.52 bits per heavy atom. The molecule has 1 fully saturated rings. The van der Waals surface area contributed by atoms with Crippen molar-refractivity contribution < 1.29 is 14.4 Å². The van der Waals surface area contributed by atoms with Gasteiger partial charge in [0.2, 0.25) is 5.91 Å². The second kappa shape index (κ2) is 9.37. The molecule has 3 rings (SSSR count). The van der Waals surface area contributed by atoms with E-state index in [1.165, 1.54) is 0 Å². The number of nitrogens with one attached hydrogen (secondary N) is 2. The fourth-order valence-corrected chi connectivity index (χ4v) is 3.63. The van der Waals surface area contributed by atoms with Gasteiger partial charge in [-0.2, -0.15) is 0 Å². The minimum atomic E-state index is -1.33. The van der Waals surface area contributed by atoms with E-state index in [1.807, 2.05) is 60.7 Å². The highest BCUT2D eigenvalue weighted by molar-refractivity contribution is 6.11. The lowest BCUT2D eigenvalue weighted by atomic mass is 9.82. The van der Waals surface area contributed by atoms with Crippen molar-refractivity contribution in [1.82, 2.24) is 15.5 Å². The first kappa shape index (κ1) is 20.6. The van der Waals surface area contributed by atoms with Crippen LogP contribution in [0.15, 0.2) is 60.7 Å². The fraction of sp³-hybridized carbons (Fsp3) is 0.348. The quantitative estimate of drug-likeness (QED) is 0.507. The monoisotopic (exact) mass is 393 g/mol. The summed E-state index contributed by atoms with van der Waals surface area (Å²) in [5.41, 5.74) is -0.0138. The first-order valence-corrected chi connectivity index (χ1v) is 10.1. The number of benzene rings is 2. The van der Waals surface area contributed by atoms with Crippen LogP contribution in [0.4, 0.5) is 4.79 Å². The number of unbranched alkanes of at least 4 members (excludes halogenated alkanes) is 3. The highest BCUT2D eigenvalue weighted by Gasteiger charge is 2.53. The molecule has 4 amide bonds. The lowest BCUT2D eigenvalue weighted by Gasteiger charge is -2.28. The van der Waals surface area contributed by atoms with Crippen LogP contribution in [0, 0.1) is 0 Å². The maximum Gasteiger partial charge on any atom is 0.326 e. The summed E-state index contributed by atoms with van der Waals surface area (Å²) in [5, 5.41) is 5.65. The Hall–Kier alpha value is -3.15. The highest BCUT2D eigenvalue weighted by atomic mass is 16.2. The van der Waals surface area contributed by atoms with Gasteiger partial charge in [0, 0.05) is 6.54 Å². The molecule has 0 aliphatic carbocycles. The van der Waals surface area contributed by atoms with E-state index in [-0.39, 0.29) is 12.5 Å². The number of rotatable bonds is 9. The van der Waals surface area contributed by atoms with Gasteiger partial charge in [-0.15, -0.1) is 0 Å². The van der Waals surface area contributed by atoms with E-state index in [1.54, 1.807) is 0 Å². The van der Waals surface area contributed by atoms with Crippen molar-refractivity contribution in [3.8, 4) is 0 Å². The van der Waals surface area contributed by atoms with Crippen molar-refractivity contribution in [2.24, 2.45) is 0 Å². The number of carbonyl (C=O) groups is 3. The summed E-state index contributed by atoms with van der Waals surface area (Å²) >= 11 is 0. The molecule has 1 aliphatic heterocycles. The van der Waals surface area contributed by atoms with E-state index in [0.717, 1.165) is 30.6 Å². The van der Waals surface area contributed by atoms with Crippen molar-refractivity contribution in [3.05, 3.63) is 71.8 Å². The molecule has 29 heavy (non-hydrogen) atoms. The van der Waals surface area contributed by atoms with Gasteiger partial charge < -0.3 is 10.6 Å². The van der Waals surface area contributed by atoms with Crippen LogP contribution in [0.1, 0.15) is 43.7 Å². The molecule has 1 aliphatic rings. The Kier molecular flexibility index (Phi) is 6.65. The van der Waals surface area contributed by atoms with Gasteiger partial charge in [-0.25, -0.2) is 4.79 Å². The topological polar surface area (TPSA) is 78.5 Å². The average Bonchev–Trinajstić information content (AvgIpc) is 3.00. The van der Waals surface area contributed by atoms with Crippen molar-refractivity contribution in [2.45, 2.75) is 38.1 Å². The minimum Gasteiger partial charge on any atom is -0.355 e. The molecule has 6 heteroatoms. The molecule has 1 heterocycles. The second-order valence-electron chi connectivity index (χ2n) is 7.21. The van der Waals surface area contributed by atoms with Gasteiger partial charge in [-0.1, -0.05) is 86.8 Å². The van der Waals surface area contributed by atoms with Crippen molar-refractivity contribution in [1.29, 1.82) is 0 Å². The van der Waals surface area contributed by atoms with Gasteiger partial charge in [0.25, 0.3) is 5.91 Å². The molecule has 1 saturated heterocycles. The number of urea groups is 1. The zero-order valence-corrected chi connectivity index (χ0v) is 16.7. The molecular weight excluding hydrogens is 366 g/mol. The van der Waals surface area contributed by atoms with Gasteiger partial charge in [-0.05, 0) is 17.5 Å². The first-order valence-electron chi connectivity index (χ1n) is 10.1. The third-order valence-electron chi connectivity index (χ3n) is 5.17. The SMILES string of the molecule is CCCCCCNC(=O)CN1C(=O)NC(c2ccccc2)(c2ccccc2)C1=O. The van der Waals surface area contributed by atoms with Gasteiger partial charge in [0.1, 0.15) is 6.54 Å². The standard InChI is InChI=1S/C23H27N3O3/c1-2-3-4-11-16-24-20(27)17-26-21(28)23(25-22(26)29,18-12-7-5-8-13-18)19-14-9-6-10-15-19/h5-10,12-15H,2-4,11,16-17H2,1H3,(H,24,27)(H,25,29). The summed E-state index contributed by atoms with van der Waals surface area (Å²) in [7, 11) is 0. The number of imide groups is 1. The molecule has 152 valence electrons. The number of amides is 4. The molecular formula is C23H27N3O3. The number of hydrogen-bond donors (Lipinski definition) is 2. The average molecular weight is 393 g/mol. The molecule has 0 bridgehead atoms. The lowest BCUT2D eigenvalue weighted by Crippen LogP contribution is -2.46. The predicted molar refractivity (Wildman–Crippen MR) is 111 cm³/mol. The highest BCUT2D eigenvalue weighted by Crippen LogP contribution is 2.35. The van der Waals surface area contributed by atoms with E-state index in [2.05, 4.69) is 17.6 Å². The van der Waals surface area contributed by atoms with E-state index in [9.17, 15) is 14.4 Å². The summed E-state index contributed by atoms with van der Waals surface area (Å²) in [6.07, 6.45) is 4.18. The predicted octanol–water partition coefficient (Wildman–Crippen LogP) is 3.18. The number of hydrogen-bond acceptors (Lipinski definition) is 3. The van der Waals surface area contributed by atoms with Crippen LogP contribution in [0.5, 0.6) is 0 Å². The molecule has 0 saturated carbocycles. The molecule has 0 spiro atoms. The van der Waals surface area contributed by atoms with E-state index >= 15 is 0 Å². The molecule has 2 aromatic carbocycles. The molecule has 2 aromatic rings. The second-order valence-corrected chi connectivity index (χ2v) is 7.21. The first-order chi connectivity index (χ1) is 14.1. The maximum absolute atomic E-state index is 13.5. The zero-order valence-electron chi connectivity index (χ0n) is 16.7. The van der Waals surface area contributed by atoms with Crippen LogP contribution in [0.3, 0.4) is 0 Å². The van der Waals surface area contributed by atoms with E-state index < -0.39 is 17.5 Å². The van der Waals surface area contributed by atoms with Crippen LogP contribution in [-0.4, -0.2) is 35.8 Å². The summed E-state index contributed by atoms with van der Waals surface area (Å²) in [5.74, 6) is -0.775. The fourth-order valence-electron chi connectivity index (χ4n) is 3.63. The van der Waals surface area contributed by atoms with Crippen LogP contribution >= 0.6 is 0 Å². The zero-order chi connectivity index (χ0) is 20.7. The Bertz CT molecular complexity index is 813. The van der Waals surface area contributed by atoms with Crippen LogP contribution in [-0.2, 0) is 15.1 Å². The van der Waals surface area contributed by atoms with Crippen molar-refractivity contribution in [3.63, 3.8) is 0 Å². The van der Waals surface area contributed by atoms with Gasteiger partial charge in [0.15, 0.2) is 5.54 Å². The maximum atomic E-state index is 13.5. The summed E-state index contributed by atoms with van der Waals surface area (Å²) in [6, 6.07) is 17.7. The van der Waals surface area contributed by atoms with Gasteiger partial charge in [0.05, 0.1) is 0 Å². The molecule has 2 N–H and O–H groups in total. The normalized spacial score (nSPS) is 15.3. The van der Waals surface area contributed by atoms with Crippen molar-refractivity contribution in [2.75, 3.05) is 13.1 Å². The molecule has 0 unspecified atom stereocenters. The van der Waals surface area contributed by atoms with Gasteiger partial charge in [-0.3, -0.25) is 14.5 Å². The minimum absolute atomic E-state index is 0.292. The van der Waals surface area contributed by atoms with Gasteiger partial charge >= 0.3 is 6.03 Å². The molecule has 0 aromatic heterocycles. The summed E-state index contributed by atoms with van der Waals surface area (Å²) < 4.78 is 0. The third kappa shape index (κ3) is 4.31. The number of carbonyl (C=O) groups excluding carboxylic acids is 3. The molecule has 6 nitrogen and oxygen atoms in total. The summed E-state index contributed by atoms with van der Waals surface area (Å²) in [6.45, 7) is 2.38. The van der Waals surface area contributed by atoms with Crippen LogP contribution < -0.4 is 10.6 Å². The number of nitrogens with zero attached hydrogens (tertiary/aromatic N) is 1. The van der Waals surface area contributed by atoms with E-state index in [4.69, 9.17) is 0 Å². The van der Waals surface area contributed by atoms with Crippen molar-refractivity contribution >= 4 is 17.8 Å². The van der Waals surface area contributed by atoms with Crippen LogP contribution in [0.2, 0.25) is 0 Å². The molecule has 0 radical (unpaired) electrons. The smallest absolute Gasteiger partial charge is 0.326 e.